The fraction of sp³-hybridized carbons (Fsp3) is 0.500. The van der Waals surface area contributed by atoms with Gasteiger partial charge in [0.1, 0.15) is 6.54 Å². The Morgan fingerprint density at radius 1 is 1.56 bits per heavy atom. The number of ether oxygens (including phenoxy) is 1. The van der Waals surface area contributed by atoms with Gasteiger partial charge in [0.05, 0.1) is 25.0 Å². The van der Waals surface area contributed by atoms with E-state index in [-0.39, 0.29) is 19.0 Å². The molecule has 3 N–H and O–H groups in total. The minimum absolute atomic E-state index is 0.160. The van der Waals surface area contributed by atoms with Crippen molar-refractivity contribution >= 4 is 17.6 Å². The number of amides is 1. The van der Waals surface area contributed by atoms with Gasteiger partial charge in [0.15, 0.2) is 0 Å². The van der Waals surface area contributed by atoms with Crippen molar-refractivity contribution in [3.8, 4) is 0 Å². The van der Waals surface area contributed by atoms with Crippen molar-refractivity contribution in [1.82, 2.24) is 15.1 Å². The normalized spacial score (nSPS) is 10.3. The average molecular weight is 256 g/mol. The summed E-state index contributed by atoms with van der Waals surface area (Å²) in [5.74, 6) is -1.21. The highest BCUT2D eigenvalue weighted by molar-refractivity contribution is 5.91. The summed E-state index contributed by atoms with van der Waals surface area (Å²) in [6.45, 7) is 1.04. The van der Waals surface area contributed by atoms with Crippen LogP contribution in [0.5, 0.6) is 0 Å². The van der Waals surface area contributed by atoms with Crippen LogP contribution < -0.4 is 10.6 Å². The quantitative estimate of drug-likeness (QED) is 0.523. The molecule has 0 aromatic carbocycles. The summed E-state index contributed by atoms with van der Waals surface area (Å²) in [6, 6.07) is 0. The van der Waals surface area contributed by atoms with Gasteiger partial charge in [-0.3, -0.25) is 14.3 Å². The molecule has 0 unspecified atom stereocenters. The third kappa shape index (κ3) is 5.41. The topological polar surface area (TPSA) is 105 Å². The van der Waals surface area contributed by atoms with Crippen LogP contribution in [0.15, 0.2) is 12.4 Å². The Kier molecular flexibility index (Phi) is 5.81. The number of carbonyl (C=O) groups is 2. The molecule has 0 bridgehead atoms. The van der Waals surface area contributed by atoms with Crippen molar-refractivity contribution in [2.24, 2.45) is 0 Å². The second-order valence-electron chi connectivity index (χ2n) is 3.54. The minimum atomic E-state index is -0.989. The third-order valence-electron chi connectivity index (χ3n) is 1.98. The molecule has 8 heteroatoms. The molecule has 0 aliphatic heterocycles. The Morgan fingerprint density at radius 3 is 3.00 bits per heavy atom. The Labute approximate surface area is 104 Å². The van der Waals surface area contributed by atoms with E-state index in [0.717, 1.165) is 0 Å². The summed E-state index contributed by atoms with van der Waals surface area (Å²) in [5, 5.41) is 17.8. The predicted octanol–water partition coefficient (Wildman–Crippen LogP) is -0.858. The van der Waals surface area contributed by atoms with Crippen LogP contribution in [0.1, 0.15) is 0 Å². The number of hydrogen-bond acceptors (Lipinski definition) is 5. The first-order valence-corrected chi connectivity index (χ1v) is 5.35. The Morgan fingerprint density at radius 2 is 2.33 bits per heavy atom. The molecule has 0 aliphatic rings. The molecule has 1 rings (SSSR count). The van der Waals surface area contributed by atoms with Crippen molar-refractivity contribution < 1.29 is 19.4 Å². The number of nitrogens with one attached hydrogen (secondary N) is 2. The molecule has 0 atom stereocenters. The molecule has 0 spiro atoms. The number of rotatable bonds is 8. The average Bonchev–Trinajstić information content (AvgIpc) is 2.71. The number of anilines is 1. The maximum Gasteiger partial charge on any atom is 0.325 e. The molecule has 0 saturated carbocycles. The minimum Gasteiger partial charge on any atom is -0.480 e. The molecule has 1 aromatic heterocycles. The first kappa shape index (κ1) is 14.1. The summed E-state index contributed by atoms with van der Waals surface area (Å²) in [5.41, 5.74) is 0.467. The summed E-state index contributed by atoms with van der Waals surface area (Å²) in [7, 11) is 1.58. The van der Waals surface area contributed by atoms with Gasteiger partial charge in [-0.1, -0.05) is 0 Å². The molecule has 0 saturated heterocycles. The van der Waals surface area contributed by atoms with Crippen LogP contribution in [-0.2, 0) is 20.9 Å². The molecule has 1 aromatic rings. The number of hydrogen-bond donors (Lipinski definition) is 3. The fourth-order valence-corrected chi connectivity index (χ4v) is 1.23. The highest BCUT2D eigenvalue weighted by Crippen LogP contribution is 2.03. The molecular formula is C10H16N4O4. The second kappa shape index (κ2) is 7.41. The number of carboxylic acids is 1. The highest BCUT2D eigenvalue weighted by atomic mass is 16.5. The number of aromatic nitrogens is 2. The smallest absolute Gasteiger partial charge is 0.325 e. The van der Waals surface area contributed by atoms with Gasteiger partial charge in [0.25, 0.3) is 0 Å². The van der Waals surface area contributed by atoms with Crippen LogP contribution in [0.3, 0.4) is 0 Å². The lowest BCUT2D eigenvalue weighted by atomic mass is 10.5. The van der Waals surface area contributed by atoms with E-state index in [0.29, 0.717) is 18.8 Å². The van der Waals surface area contributed by atoms with Crippen LogP contribution in [0.4, 0.5) is 5.69 Å². The molecule has 0 aliphatic carbocycles. The Balaban J connectivity index is 2.31. The van der Waals surface area contributed by atoms with E-state index in [1.165, 1.54) is 17.1 Å². The lowest BCUT2D eigenvalue weighted by Crippen LogP contribution is -2.30. The summed E-state index contributed by atoms with van der Waals surface area (Å²) >= 11 is 0. The lowest BCUT2D eigenvalue weighted by Gasteiger charge is -2.04. The van der Waals surface area contributed by atoms with Gasteiger partial charge in [0.2, 0.25) is 5.91 Å². The second-order valence-corrected chi connectivity index (χ2v) is 3.54. The van der Waals surface area contributed by atoms with Gasteiger partial charge in [-0.2, -0.15) is 5.10 Å². The molecule has 1 heterocycles. The van der Waals surface area contributed by atoms with E-state index in [2.05, 4.69) is 15.7 Å². The Hall–Kier alpha value is -1.93. The summed E-state index contributed by atoms with van der Waals surface area (Å²) in [4.78, 5) is 21.9. The molecular weight excluding hydrogens is 240 g/mol. The number of nitrogens with zero attached hydrogens (tertiary/aromatic N) is 2. The molecule has 18 heavy (non-hydrogen) atoms. The van der Waals surface area contributed by atoms with Crippen molar-refractivity contribution in [3.63, 3.8) is 0 Å². The fourth-order valence-electron chi connectivity index (χ4n) is 1.23. The van der Waals surface area contributed by atoms with E-state index in [1.807, 2.05) is 0 Å². The van der Waals surface area contributed by atoms with Gasteiger partial charge in [-0.25, -0.2) is 0 Å². The highest BCUT2D eigenvalue weighted by Gasteiger charge is 2.05. The van der Waals surface area contributed by atoms with Gasteiger partial charge in [-0.15, -0.1) is 0 Å². The number of aliphatic carboxylic acids is 1. The largest absolute Gasteiger partial charge is 0.480 e. The number of carboxylic acid groups (broad SMARTS) is 1. The first-order valence-electron chi connectivity index (χ1n) is 5.35. The monoisotopic (exact) mass is 256 g/mol. The zero-order valence-electron chi connectivity index (χ0n) is 10.0. The molecule has 1 amide bonds. The van der Waals surface area contributed by atoms with Crippen LogP contribution >= 0.6 is 0 Å². The number of carbonyl (C=O) groups excluding carboxylic acids is 1. The van der Waals surface area contributed by atoms with Gasteiger partial charge >= 0.3 is 5.97 Å². The summed E-state index contributed by atoms with van der Waals surface area (Å²) in [6.07, 6.45) is 2.86. The molecule has 100 valence electrons. The molecule has 0 fully saturated rings. The third-order valence-corrected chi connectivity index (χ3v) is 1.98. The maximum absolute atomic E-state index is 11.4. The van der Waals surface area contributed by atoms with E-state index in [4.69, 9.17) is 9.84 Å². The number of methoxy groups -OCH3 is 1. The standard InChI is InChI=1S/C10H16N4O4/c1-18-3-2-11-5-9(15)13-8-4-12-14(6-8)7-10(16)17/h4,6,11H,2-3,5,7H2,1H3,(H,13,15)(H,16,17). The van der Waals surface area contributed by atoms with Gasteiger partial charge in [-0.05, 0) is 0 Å². The first-order chi connectivity index (χ1) is 8.61. The van der Waals surface area contributed by atoms with Crippen molar-refractivity contribution in [3.05, 3.63) is 12.4 Å². The zero-order valence-corrected chi connectivity index (χ0v) is 10.0. The van der Waals surface area contributed by atoms with Gasteiger partial charge in [0, 0.05) is 19.9 Å². The maximum atomic E-state index is 11.4. The van der Waals surface area contributed by atoms with E-state index < -0.39 is 5.97 Å². The lowest BCUT2D eigenvalue weighted by molar-refractivity contribution is -0.137. The molecule has 0 radical (unpaired) electrons. The molecule has 8 nitrogen and oxygen atoms in total. The summed E-state index contributed by atoms with van der Waals surface area (Å²) < 4.78 is 6.05. The predicted molar refractivity (Wildman–Crippen MR) is 63.2 cm³/mol. The Bertz CT molecular complexity index is 404. The van der Waals surface area contributed by atoms with Crippen molar-refractivity contribution in [2.45, 2.75) is 6.54 Å². The van der Waals surface area contributed by atoms with Crippen LogP contribution in [0.2, 0.25) is 0 Å². The van der Waals surface area contributed by atoms with Crippen molar-refractivity contribution in [2.75, 3.05) is 32.1 Å². The van der Waals surface area contributed by atoms with E-state index >= 15 is 0 Å². The van der Waals surface area contributed by atoms with E-state index in [9.17, 15) is 9.59 Å². The van der Waals surface area contributed by atoms with Gasteiger partial charge < -0.3 is 20.5 Å². The zero-order chi connectivity index (χ0) is 13.4. The SMILES string of the molecule is COCCNCC(=O)Nc1cnn(CC(=O)O)c1. The van der Waals surface area contributed by atoms with Crippen LogP contribution in [0.25, 0.3) is 0 Å². The van der Waals surface area contributed by atoms with Crippen LogP contribution in [0, 0.1) is 0 Å². The van der Waals surface area contributed by atoms with Crippen molar-refractivity contribution in [1.29, 1.82) is 0 Å². The van der Waals surface area contributed by atoms with E-state index in [1.54, 1.807) is 7.11 Å². The van der Waals surface area contributed by atoms with Crippen LogP contribution in [-0.4, -0.2) is 53.6 Å².